The molecule has 1 aromatic rings. The Morgan fingerprint density at radius 1 is 1.30 bits per heavy atom. The summed E-state index contributed by atoms with van der Waals surface area (Å²) in [6.45, 7) is 5.28. The molecule has 1 fully saturated rings. The van der Waals surface area contributed by atoms with E-state index in [-0.39, 0.29) is 18.6 Å². The molecule has 0 saturated carbocycles. The minimum atomic E-state index is -0.104. The molecular formula is C18H27NO4. The van der Waals surface area contributed by atoms with Gasteiger partial charge in [-0.15, -0.1) is 0 Å². The second kappa shape index (κ2) is 10.4. The van der Waals surface area contributed by atoms with Crippen molar-refractivity contribution >= 4 is 5.91 Å². The molecule has 1 N–H and O–H groups in total. The van der Waals surface area contributed by atoms with E-state index in [2.05, 4.69) is 12.2 Å². The monoisotopic (exact) mass is 321 g/mol. The van der Waals surface area contributed by atoms with Gasteiger partial charge in [-0.3, -0.25) is 4.79 Å². The summed E-state index contributed by atoms with van der Waals surface area (Å²) in [4.78, 5) is 11.9. The third-order valence-electron chi connectivity index (χ3n) is 3.76. The number of amides is 1. The maximum atomic E-state index is 11.9. The van der Waals surface area contributed by atoms with Crippen LogP contribution < -0.4 is 5.32 Å². The maximum Gasteiger partial charge on any atom is 0.246 e. The predicted octanol–water partition coefficient (Wildman–Crippen LogP) is 2.43. The van der Waals surface area contributed by atoms with Crippen molar-refractivity contribution in [1.29, 1.82) is 0 Å². The molecule has 0 radical (unpaired) electrons. The van der Waals surface area contributed by atoms with Gasteiger partial charge in [0.1, 0.15) is 6.61 Å². The fourth-order valence-electron chi connectivity index (χ4n) is 2.50. The second-order valence-electron chi connectivity index (χ2n) is 5.75. The smallest absolute Gasteiger partial charge is 0.246 e. The standard InChI is InChI=1S/C18H27NO4/c1-2-9-21-12-16-7-4-3-6-15(16)11-19-18(20)14-22-13-17-8-5-10-23-17/h3-4,6-7,17H,2,5,8-14H2,1H3,(H,19,20). The van der Waals surface area contributed by atoms with Gasteiger partial charge in [-0.05, 0) is 30.4 Å². The molecule has 23 heavy (non-hydrogen) atoms. The largest absolute Gasteiger partial charge is 0.377 e. The second-order valence-corrected chi connectivity index (χ2v) is 5.75. The molecule has 1 atom stereocenters. The highest BCUT2D eigenvalue weighted by molar-refractivity contribution is 5.77. The number of rotatable bonds is 10. The molecule has 5 heteroatoms. The molecule has 0 bridgehead atoms. The van der Waals surface area contributed by atoms with Crippen LogP contribution in [0.1, 0.15) is 37.3 Å². The van der Waals surface area contributed by atoms with Crippen LogP contribution in [0.5, 0.6) is 0 Å². The minimum absolute atomic E-state index is 0.0777. The first-order valence-electron chi connectivity index (χ1n) is 8.40. The van der Waals surface area contributed by atoms with Crippen molar-refractivity contribution in [3.8, 4) is 0 Å². The van der Waals surface area contributed by atoms with Crippen molar-refractivity contribution < 1.29 is 19.0 Å². The summed E-state index contributed by atoms with van der Waals surface area (Å²) >= 11 is 0. The Morgan fingerprint density at radius 3 is 2.87 bits per heavy atom. The Bertz CT molecular complexity index is 472. The fourth-order valence-corrected chi connectivity index (χ4v) is 2.50. The SMILES string of the molecule is CCCOCc1ccccc1CNC(=O)COCC1CCCO1. The Kier molecular flexibility index (Phi) is 8.07. The van der Waals surface area contributed by atoms with Gasteiger partial charge in [0, 0.05) is 19.8 Å². The number of carbonyl (C=O) groups is 1. The highest BCUT2D eigenvalue weighted by Crippen LogP contribution is 2.12. The summed E-state index contributed by atoms with van der Waals surface area (Å²) in [6.07, 6.45) is 3.25. The van der Waals surface area contributed by atoms with Gasteiger partial charge in [0.05, 0.1) is 19.3 Å². The normalized spacial score (nSPS) is 17.3. The zero-order valence-corrected chi connectivity index (χ0v) is 13.9. The summed E-state index contributed by atoms with van der Waals surface area (Å²) in [7, 11) is 0. The average Bonchev–Trinajstić information content (AvgIpc) is 3.07. The van der Waals surface area contributed by atoms with E-state index in [0.29, 0.717) is 19.8 Å². The fraction of sp³-hybridized carbons (Fsp3) is 0.611. The van der Waals surface area contributed by atoms with Crippen LogP contribution in [0.2, 0.25) is 0 Å². The van der Waals surface area contributed by atoms with E-state index in [9.17, 15) is 4.79 Å². The van der Waals surface area contributed by atoms with E-state index in [0.717, 1.165) is 43.6 Å². The lowest BCUT2D eigenvalue weighted by Gasteiger charge is -2.12. The number of benzene rings is 1. The van der Waals surface area contributed by atoms with Gasteiger partial charge in [-0.1, -0.05) is 31.2 Å². The molecule has 1 amide bonds. The van der Waals surface area contributed by atoms with E-state index < -0.39 is 0 Å². The Labute approximate surface area is 138 Å². The van der Waals surface area contributed by atoms with Gasteiger partial charge in [0.2, 0.25) is 5.91 Å². The molecule has 5 nitrogen and oxygen atoms in total. The first-order chi connectivity index (χ1) is 11.3. The van der Waals surface area contributed by atoms with Gasteiger partial charge in [-0.25, -0.2) is 0 Å². The van der Waals surface area contributed by atoms with E-state index in [1.165, 1.54) is 0 Å². The van der Waals surface area contributed by atoms with Crippen molar-refractivity contribution in [3.05, 3.63) is 35.4 Å². The summed E-state index contributed by atoms with van der Waals surface area (Å²) in [5.74, 6) is -0.104. The molecule has 1 saturated heterocycles. The van der Waals surface area contributed by atoms with Crippen molar-refractivity contribution in [3.63, 3.8) is 0 Å². The van der Waals surface area contributed by atoms with Crippen LogP contribution >= 0.6 is 0 Å². The first kappa shape index (κ1) is 17.9. The van der Waals surface area contributed by atoms with Crippen molar-refractivity contribution in [2.45, 2.75) is 45.4 Å². The van der Waals surface area contributed by atoms with Gasteiger partial charge in [0.25, 0.3) is 0 Å². The highest BCUT2D eigenvalue weighted by Gasteiger charge is 2.15. The van der Waals surface area contributed by atoms with E-state index in [1.807, 2.05) is 24.3 Å². The molecule has 0 aromatic heterocycles. The van der Waals surface area contributed by atoms with Crippen LogP contribution in [0.25, 0.3) is 0 Å². The number of ether oxygens (including phenoxy) is 3. The van der Waals surface area contributed by atoms with Gasteiger partial charge in [0.15, 0.2) is 0 Å². The van der Waals surface area contributed by atoms with Crippen LogP contribution in [0.3, 0.4) is 0 Å². The summed E-state index contributed by atoms with van der Waals surface area (Å²) in [5.41, 5.74) is 2.19. The van der Waals surface area contributed by atoms with Crippen LogP contribution in [0, 0.1) is 0 Å². The van der Waals surface area contributed by atoms with Crippen LogP contribution in [0.15, 0.2) is 24.3 Å². The van der Waals surface area contributed by atoms with Gasteiger partial charge < -0.3 is 19.5 Å². The number of hydrogen-bond donors (Lipinski definition) is 1. The molecule has 1 unspecified atom stereocenters. The quantitative estimate of drug-likeness (QED) is 0.673. The molecule has 1 aliphatic rings. The molecule has 0 spiro atoms. The van der Waals surface area contributed by atoms with E-state index in [4.69, 9.17) is 14.2 Å². The van der Waals surface area contributed by atoms with Crippen molar-refractivity contribution in [2.75, 3.05) is 26.4 Å². The predicted molar refractivity (Wildman–Crippen MR) is 88.0 cm³/mol. The molecule has 0 aliphatic carbocycles. The molecule has 128 valence electrons. The van der Waals surface area contributed by atoms with Gasteiger partial charge in [-0.2, -0.15) is 0 Å². The number of carbonyl (C=O) groups excluding carboxylic acids is 1. The zero-order chi connectivity index (χ0) is 16.3. The van der Waals surface area contributed by atoms with Gasteiger partial charge >= 0.3 is 0 Å². The lowest BCUT2D eigenvalue weighted by atomic mass is 10.1. The lowest BCUT2D eigenvalue weighted by Crippen LogP contribution is -2.29. The molecule has 2 rings (SSSR count). The average molecular weight is 321 g/mol. The highest BCUT2D eigenvalue weighted by atomic mass is 16.5. The van der Waals surface area contributed by atoms with Crippen molar-refractivity contribution in [2.24, 2.45) is 0 Å². The van der Waals surface area contributed by atoms with Crippen LogP contribution in [-0.2, 0) is 32.2 Å². The Morgan fingerprint density at radius 2 is 2.13 bits per heavy atom. The van der Waals surface area contributed by atoms with Crippen molar-refractivity contribution in [1.82, 2.24) is 5.32 Å². The van der Waals surface area contributed by atoms with Crippen LogP contribution in [-0.4, -0.2) is 38.4 Å². The Hall–Kier alpha value is -1.43. The molecular weight excluding hydrogens is 294 g/mol. The summed E-state index contributed by atoms with van der Waals surface area (Å²) < 4.78 is 16.5. The molecule has 1 aliphatic heterocycles. The van der Waals surface area contributed by atoms with Crippen LogP contribution in [0.4, 0.5) is 0 Å². The Balaban J connectivity index is 1.68. The lowest BCUT2D eigenvalue weighted by molar-refractivity contribution is -0.127. The maximum absolute atomic E-state index is 11.9. The summed E-state index contributed by atoms with van der Waals surface area (Å²) in [6, 6.07) is 8.00. The third-order valence-corrected chi connectivity index (χ3v) is 3.76. The summed E-state index contributed by atoms with van der Waals surface area (Å²) in [5, 5.41) is 2.89. The number of hydrogen-bond acceptors (Lipinski definition) is 4. The molecule has 1 aromatic carbocycles. The first-order valence-corrected chi connectivity index (χ1v) is 8.40. The topological polar surface area (TPSA) is 56.8 Å². The number of nitrogens with one attached hydrogen (secondary N) is 1. The zero-order valence-electron chi connectivity index (χ0n) is 13.9. The van der Waals surface area contributed by atoms with E-state index >= 15 is 0 Å². The third kappa shape index (κ3) is 6.69. The van der Waals surface area contributed by atoms with E-state index in [1.54, 1.807) is 0 Å². The molecule has 1 heterocycles. The minimum Gasteiger partial charge on any atom is -0.377 e.